The van der Waals surface area contributed by atoms with Crippen molar-refractivity contribution < 1.29 is 9.84 Å². The number of ether oxygens (including phenoxy) is 1. The Morgan fingerprint density at radius 2 is 1.80 bits per heavy atom. The van der Waals surface area contributed by atoms with Crippen LogP contribution < -0.4 is 0 Å². The van der Waals surface area contributed by atoms with Gasteiger partial charge < -0.3 is 9.84 Å². The Hall–Kier alpha value is 0.0499. The van der Waals surface area contributed by atoms with Gasteiger partial charge in [-0.3, -0.25) is 0 Å². The van der Waals surface area contributed by atoms with Gasteiger partial charge in [-0.05, 0) is 18.8 Å². The van der Waals surface area contributed by atoms with Crippen LogP contribution >= 0.6 is 0 Å². The van der Waals surface area contributed by atoms with Crippen molar-refractivity contribution in [1.29, 1.82) is 0 Å². The summed E-state index contributed by atoms with van der Waals surface area (Å²) in [6.07, 6.45) is 2.01. The predicted molar refractivity (Wildman–Crippen MR) is 45.6 cm³/mol. The highest BCUT2D eigenvalue weighted by atomic mass is 16.5. The lowest BCUT2D eigenvalue weighted by Gasteiger charge is -2.32. The lowest BCUT2D eigenvalue weighted by molar-refractivity contribution is 0.0204. The van der Waals surface area contributed by atoms with Crippen LogP contribution in [0.4, 0.5) is 0 Å². The molecule has 0 amide bonds. The predicted octanol–water partition coefficient (Wildman–Crippen LogP) is -1.67. The van der Waals surface area contributed by atoms with E-state index in [0.29, 0.717) is 5.92 Å². The van der Waals surface area contributed by atoms with E-state index in [1.54, 1.807) is 0 Å². The van der Waals surface area contributed by atoms with Crippen LogP contribution in [0.2, 0.25) is 0 Å². The van der Waals surface area contributed by atoms with E-state index in [-0.39, 0.29) is 0 Å². The van der Waals surface area contributed by atoms with Crippen LogP contribution in [-0.4, -0.2) is 39.4 Å². The molecule has 0 spiro atoms. The molecule has 0 aromatic heterocycles. The van der Waals surface area contributed by atoms with E-state index in [2.05, 4.69) is 0 Å². The van der Waals surface area contributed by atoms with Crippen molar-refractivity contribution in [2.45, 2.75) is 18.2 Å². The molecule has 0 saturated carbocycles. The first-order valence-electron chi connectivity index (χ1n) is 3.91. The first-order valence-corrected chi connectivity index (χ1v) is 3.91. The topological polar surface area (TPSA) is 29.5 Å². The van der Waals surface area contributed by atoms with Crippen molar-refractivity contribution in [3.05, 3.63) is 0 Å². The van der Waals surface area contributed by atoms with E-state index < -0.39 is 5.40 Å². The van der Waals surface area contributed by atoms with Crippen molar-refractivity contribution in [3.8, 4) is 0 Å². The number of rotatable bonds is 1. The van der Waals surface area contributed by atoms with Gasteiger partial charge in [0.2, 0.25) is 0 Å². The highest BCUT2D eigenvalue weighted by Gasteiger charge is 2.27. The summed E-state index contributed by atoms with van der Waals surface area (Å²) in [5.74, 6) is 0.432. The second-order valence-electron chi connectivity index (χ2n) is 3.54. The second-order valence-corrected chi connectivity index (χ2v) is 3.54. The maximum atomic E-state index is 9.59. The van der Waals surface area contributed by atoms with E-state index in [9.17, 15) is 5.11 Å². The van der Waals surface area contributed by atoms with Crippen molar-refractivity contribution >= 4 is 15.7 Å². The zero-order valence-electron chi connectivity index (χ0n) is 6.76. The van der Waals surface area contributed by atoms with Gasteiger partial charge in [-0.15, -0.1) is 0 Å². The van der Waals surface area contributed by atoms with E-state index in [0.717, 1.165) is 26.1 Å². The van der Waals surface area contributed by atoms with Crippen molar-refractivity contribution in [2.75, 3.05) is 13.2 Å². The average Bonchev–Trinajstić information content (AvgIpc) is 1.88. The Kier molecular flexibility index (Phi) is 2.42. The first-order chi connectivity index (χ1) is 4.61. The molecule has 0 unspecified atom stereocenters. The summed E-state index contributed by atoms with van der Waals surface area (Å²) in [6.45, 7) is 1.63. The smallest absolute Gasteiger partial charge is 0.132 e. The van der Waals surface area contributed by atoms with Gasteiger partial charge in [0.15, 0.2) is 0 Å². The molecule has 0 radical (unpaired) electrons. The number of aliphatic hydroxyl groups is 1. The Morgan fingerprint density at radius 3 is 2.10 bits per heavy atom. The highest BCUT2D eigenvalue weighted by Crippen LogP contribution is 2.22. The van der Waals surface area contributed by atoms with Gasteiger partial charge in [-0.25, -0.2) is 0 Å². The standard InChI is InChI=1S/C6H14B2O2/c7-6(8,9)5-1-3-10-4-2-5/h5,9H,1-4,7-8H2. The maximum absolute atomic E-state index is 9.59. The molecule has 0 aromatic rings. The fraction of sp³-hybridized carbons (Fsp3) is 1.00. The number of hydrogen-bond donors (Lipinski definition) is 1. The van der Waals surface area contributed by atoms with Crippen LogP contribution in [0.1, 0.15) is 12.8 Å². The quantitative estimate of drug-likeness (QED) is 0.441. The molecule has 1 heterocycles. The molecule has 4 heteroatoms. The van der Waals surface area contributed by atoms with Crippen LogP contribution in [0.3, 0.4) is 0 Å². The van der Waals surface area contributed by atoms with Crippen molar-refractivity contribution in [3.63, 3.8) is 0 Å². The summed E-state index contributed by atoms with van der Waals surface area (Å²) >= 11 is 0. The van der Waals surface area contributed by atoms with Crippen LogP contribution in [0.15, 0.2) is 0 Å². The molecule has 1 aliphatic heterocycles. The molecule has 1 rings (SSSR count). The number of hydrogen-bond acceptors (Lipinski definition) is 2. The zero-order valence-corrected chi connectivity index (χ0v) is 6.76. The fourth-order valence-corrected chi connectivity index (χ4v) is 1.40. The normalized spacial score (nSPS) is 22.9. The minimum absolute atomic E-state index is 0.432. The van der Waals surface area contributed by atoms with Gasteiger partial charge in [-0.1, -0.05) is 0 Å². The van der Waals surface area contributed by atoms with Crippen LogP contribution in [0.5, 0.6) is 0 Å². The summed E-state index contributed by atoms with van der Waals surface area (Å²) in [5, 5.41) is 9.08. The third kappa shape index (κ3) is 2.03. The highest BCUT2D eigenvalue weighted by molar-refractivity contribution is 6.39. The zero-order chi connectivity index (χ0) is 7.61. The first kappa shape index (κ1) is 8.15. The van der Waals surface area contributed by atoms with E-state index >= 15 is 0 Å². The molecule has 10 heavy (non-hydrogen) atoms. The summed E-state index contributed by atoms with van der Waals surface area (Å²) in [7, 11) is 3.76. The van der Waals surface area contributed by atoms with Crippen molar-refractivity contribution in [2.24, 2.45) is 5.92 Å². The lowest BCUT2D eigenvalue weighted by atomic mass is 9.56. The molecular formula is C6H14B2O2. The molecule has 1 saturated heterocycles. The molecule has 0 aromatic carbocycles. The Balaban J connectivity index is 2.39. The molecule has 1 aliphatic rings. The molecule has 1 fully saturated rings. The van der Waals surface area contributed by atoms with Gasteiger partial charge in [-0.2, -0.15) is 0 Å². The van der Waals surface area contributed by atoms with Gasteiger partial charge >= 0.3 is 0 Å². The fourth-order valence-electron chi connectivity index (χ4n) is 1.40. The third-order valence-electron chi connectivity index (χ3n) is 2.22. The van der Waals surface area contributed by atoms with Crippen LogP contribution in [0.25, 0.3) is 0 Å². The Labute approximate surface area is 63.8 Å². The van der Waals surface area contributed by atoms with Gasteiger partial charge in [0.1, 0.15) is 15.7 Å². The molecule has 0 atom stereocenters. The Bertz CT molecular complexity index is 105. The molecule has 1 N–H and O–H groups in total. The monoisotopic (exact) mass is 140 g/mol. The molecule has 0 aliphatic carbocycles. The maximum Gasteiger partial charge on any atom is 0.132 e. The van der Waals surface area contributed by atoms with E-state index in [1.807, 2.05) is 15.7 Å². The third-order valence-corrected chi connectivity index (χ3v) is 2.22. The second kappa shape index (κ2) is 2.97. The van der Waals surface area contributed by atoms with Gasteiger partial charge in [0, 0.05) is 18.6 Å². The van der Waals surface area contributed by atoms with Crippen LogP contribution in [0, 0.1) is 5.92 Å². The van der Waals surface area contributed by atoms with Gasteiger partial charge in [0.05, 0.1) is 0 Å². The van der Waals surface area contributed by atoms with Gasteiger partial charge in [0.25, 0.3) is 0 Å². The van der Waals surface area contributed by atoms with E-state index in [1.165, 1.54) is 0 Å². The SMILES string of the molecule is BC(B)(O)C1CCOCC1. The molecule has 56 valence electrons. The molecular weight excluding hydrogens is 126 g/mol. The minimum atomic E-state index is -0.510. The molecule has 2 nitrogen and oxygen atoms in total. The summed E-state index contributed by atoms with van der Waals surface area (Å²) in [4.78, 5) is 0. The largest absolute Gasteiger partial charge is 0.407 e. The Morgan fingerprint density at radius 1 is 1.30 bits per heavy atom. The summed E-state index contributed by atoms with van der Waals surface area (Å²) < 4.78 is 5.18. The average molecular weight is 140 g/mol. The van der Waals surface area contributed by atoms with Crippen molar-refractivity contribution in [1.82, 2.24) is 0 Å². The van der Waals surface area contributed by atoms with E-state index in [4.69, 9.17) is 4.74 Å². The summed E-state index contributed by atoms with van der Waals surface area (Å²) in [5.41, 5.74) is 0. The lowest BCUT2D eigenvalue weighted by Crippen LogP contribution is -2.41. The van der Waals surface area contributed by atoms with Crippen LogP contribution in [-0.2, 0) is 4.74 Å². The summed E-state index contributed by atoms with van der Waals surface area (Å²) in [6, 6.07) is 0. The minimum Gasteiger partial charge on any atom is -0.407 e. The molecule has 0 bridgehead atoms.